The summed E-state index contributed by atoms with van der Waals surface area (Å²) in [6.07, 6.45) is 1.27. The van der Waals surface area contributed by atoms with Crippen LogP contribution in [0.25, 0.3) is 10.6 Å². The lowest BCUT2D eigenvalue weighted by Crippen LogP contribution is -2.23. The number of hydrogen-bond donors (Lipinski definition) is 1. The number of amides is 1. The van der Waals surface area contributed by atoms with E-state index in [1.165, 1.54) is 5.56 Å². The number of hydrogen-bond acceptors (Lipinski definition) is 3. The molecule has 3 nitrogen and oxygen atoms in total. The molecule has 0 aliphatic heterocycles. The van der Waals surface area contributed by atoms with Crippen LogP contribution in [0.2, 0.25) is 0 Å². The van der Waals surface area contributed by atoms with E-state index >= 15 is 0 Å². The zero-order chi connectivity index (χ0) is 16.8. The SMILES string of the molecule is Cc1csc(-c2ccccc2CNC(=O)CCc2ccccc2)n1. The summed E-state index contributed by atoms with van der Waals surface area (Å²) in [5.74, 6) is 0.0731. The molecule has 2 aromatic carbocycles. The summed E-state index contributed by atoms with van der Waals surface area (Å²) < 4.78 is 0. The largest absolute Gasteiger partial charge is 0.352 e. The van der Waals surface area contributed by atoms with Crippen molar-refractivity contribution >= 4 is 17.2 Å². The van der Waals surface area contributed by atoms with Gasteiger partial charge < -0.3 is 5.32 Å². The molecule has 3 rings (SSSR count). The van der Waals surface area contributed by atoms with E-state index in [1.807, 2.05) is 60.8 Å². The number of benzene rings is 2. The van der Waals surface area contributed by atoms with Crippen molar-refractivity contribution in [3.8, 4) is 10.6 Å². The first-order chi connectivity index (χ1) is 11.7. The number of aromatic nitrogens is 1. The number of nitrogens with zero attached hydrogens (tertiary/aromatic N) is 1. The van der Waals surface area contributed by atoms with E-state index in [0.29, 0.717) is 13.0 Å². The second-order valence-electron chi connectivity index (χ2n) is 5.71. The van der Waals surface area contributed by atoms with Crippen molar-refractivity contribution in [3.63, 3.8) is 0 Å². The van der Waals surface area contributed by atoms with Crippen LogP contribution in [-0.2, 0) is 17.8 Å². The van der Waals surface area contributed by atoms with Gasteiger partial charge in [-0.25, -0.2) is 4.98 Å². The van der Waals surface area contributed by atoms with Gasteiger partial charge >= 0.3 is 0 Å². The van der Waals surface area contributed by atoms with Crippen molar-refractivity contribution in [1.29, 1.82) is 0 Å². The van der Waals surface area contributed by atoms with Crippen molar-refractivity contribution in [2.24, 2.45) is 0 Å². The van der Waals surface area contributed by atoms with Crippen molar-refractivity contribution in [3.05, 3.63) is 76.8 Å². The maximum atomic E-state index is 12.1. The van der Waals surface area contributed by atoms with E-state index in [-0.39, 0.29) is 5.91 Å². The third-order valence-corrected chi connectivity index (χ3v) is 4.82. The van der Waals surface area contributed by atoms with E-state index in [1.54, 1.807) is 11.3 Å². The first-order valence-corrected chi connectivity index (χ1v) is 8.91. The summed E-state index contributed by atoms with van der Waals surface area (Å²) in [5.41, 5.74) is 4.40. The van der Waals surface area contributed by atoms with Crippen LogP contribution >= 0.6 is 11.3 Å². The second kappa shape index (κ2) is 7.88. The highest BCUT2D eigenvalue weighted by Crippen LogP contribution is 2.26. The van der Waals surface area contributed by atoms with Crippen LogP contribution in [0.5, 0.6) is 0 Å². The highest BCUT2D eigenvalue weighted by molar-refractivity contribution is 7.13. The molecule has 0 saturated heterocycles. The number of carbonyl (C=O) groups excluding carboxylic acids is 1. The van der Waals surface area contributed by atoms with Crippen LogP contribution in [0.15, 0.2) is 60.0 Å². The predicted molar refractivity (Wildman–Crippen MR) is 98.9 cm³/mol. The molecule has 1 heterocycles. The zero-order valence-electron chi connectivity index (χ0n) is 13.7. The maximum Gasteiger partial charge on any atom is 0.220 e. The first-order valence-electron chi connectivity index (χ1n) is 8.03. The summed E-state index contributed by atoms with van der Waals surface area (Å²) in [6.45, 7) is 2.52. The maximum absolute atomic E-state index is 12.1. The second-order valence-corrected chi connectivity index (χ2v) is 6.57. The molecule has 0 atom stereocenters. The van der Waals surface area contributed by atoms with Gasteiger partial charge in [0, 0.05) is 29.6 Å². The van der Waals surface area contributed by atoms with Gasteiger partial charge in [-0.1, -0.05) is 54.6 Å². The Balaban J connectivity index is 1.59. The van der Waals surface area contributed by atoms with Crippen LogP contribution in [-0.4, -0.2) is 10.9 Å². The Morgan fingerprint density at radius 3 is 2.58 bits per heavy atom. The molecule has 0 fully saturated rings. The van der Waals surface area contributed by atoms with Gasteiger partial charge in [0.15, 0.2) is 0 Å². The van der Waals surface area contributed by atoms with E-state index in [0.717, 1.165) is 28.2 Å². The molecule has 24 heavy (non-hydrogen) atoms. The summed E-state index contributed by atoms with van der Waals surface area (Å²) in [6, 6.07) is 18.2. The number of nitrogens with one attached hydrogen (secondary N) is 1. The lowest BCUT2D eigenvalue weighted by Gasteiger charge is -2.09. The zero-order valence-corrected chi connectivity index (χ0v) is 14.5. The number of thiazole rings is 1. The molecular formula is C20H20N2OS. The molecule has 1 aromatic heterocycles. The van der Waals surface area contributed by atoms with Crippen molar-refractivity contribution in [2.75, 3.05) is 0 Å². The number of carbonyl (C=O) groups is 1. The van der Waals surface area contributed by atoms with Crippen LogP contribution in [0.1, 0.15) is 23.2 Å². The average molecular weight is 336 g/mol. The fraction of sp³-hybridized carbons (Fsp3) is 0.200. The summed E-state index contributed by atoms with van der Waals surface area (Å²) in [5, 5.41) is 6.07. The molecule has 1 N–H and O–H groups in total. The van der Waals surface area contributed by atoms with Crippen molar-refractivity contribution in [1.82, 2.24) is 10.3 Å². The Morgan fingerprint density at radius 2 is 1.83 bits per heavy atom. The van der Waals surface area contributed by atoms with Crippen molar-refractivity contribution in [2.45, 2.75) is 26.3 Å². The minimum Gasteiger partial charge on any atom is -0.352 e. The van der Waals surface area contributed by atoms with Gasteiger partial charge in [-0.2, -0.15) is 0 Å². The molecule has 122 valence electrons. The number of rotatable bonds is 6. The van der Waals surface area contributed by atoms with E-state index < -0.39 is 0 Å². The quantitative estimate of drug-likeness (QED) is 0.726. The van der Waals surface area contributed by atoms with Crippen LogP contribution in [0.3, 0.4) is 0 Å². The molecule has 0 saturated carbocycles. The fourth-order valence-corrected chi connectivity index (χ4v) is 3.40. The molecule has 4 heteroatoms. The Morgan fingerprint density at radius 1 is 1.08 bits per heavy atom. The van der Waals surface area contributed by atoms with Crippen LogP contribution in [0, 0.1) is 6.92 Å². The van der Waals surface area contributed by atoms with Gasteiger partial charge in [-0.15, -0.1) is 11.3 Å². The molecule has 0 radical (unpaired) electrons. The molecule has 0 spiro atoms. The topological polar surface area (TPSA) is 42.0 Å². The molecule has 3 aromatic rings. The third-order valence-electron chi connectivity index (χ3n) is 3.83. The molecule has 0 aliphatic carbocycles. The fourth-order valence-electron chi connectivity index (χ4n) is 2.55. The van der Waals surface area contributed by atoms with Gasteiger partial charge in [0.2, 0.25) is 5.91 Å². The average Bonchev–Trinajstić information content (AvgIpc) is 3.05. The Kier molecular flexibility index (Phi) is 5.39. The minimum absolute atomic E-state index is 0.0731. The van der Waals surface area contributed by atoms with E-state index in [4.69, 9.17) is 0 Å². The minimum atomic E-state index is 0.0731. The van der Waals surface area contributed by atoms with Gasteiger partial charge in [0.05, 0.1) is 0 Å². The summed E-state index contributed by atoms with van der Waals surface area (Å²) in [7, 11) is 0. The van der Waals surface area contributed by atoms with Crippen molar-refractivity contribution < 1.29 is 4.79 Å². The monoisotopic (exact) mass is 336 g/mol. The summed E-state index contributed by atoms with van der Waals surface area (Å²) >= 11 is 1.63. The molecular weight excluding hydrogens is 316 g/mol. The van der Waals surface area contributed by atoms with Crippen LogP contribution < -0.4 is 5.32 Å². The standard InChI is InChI=1S/C20H20N2OS/c1-15-14-24-20(22-15)18-10-6-5-9-17(18)13-21-19(23)12-11-16-7-3-2-4-8-16/h2-10,14H,11-13H2,1H3,(H,21,23). The molecule has 0 aliphatic rings. The Labute approximate surface area is 146 Å². The lowest BCUT2D eigenvalue weighted by molar-refractivity contribution is -0.121. The lowest BCUT2D eigenvalue weighted by atomic mass is 10.1. The third kappa shape index (κ3) is 4.30. The highest BCUT2D eigenvalue weighted by Gasteiger charge is 2.09. The molecule has 0 unspecified atom stereocenters. The highest BCUT2D eigenvalue weighted by atomic mass is 32.1. The molecule has 0 bridgehead atoms. The van der Waals surface area contributed by atoms with E-state index in [2.05, 4.69) is 16.4 Å². The normalized spacial score (nSPS) is 10.5. The van der Waals surface area contributed by atoms with Gasteiger partial charge in [0.1, 0.15) is 5.01 Å². The molecule has 1 amide bonds. The van der Waals surface area contributed by atoms with Gasteiger partial charge in [0.25, 0.3) is 0 Å². The van der Waals surface area contributed by atoms with E-state index in [9.17, 15) is 4.79 Å². The first kappa shape index (κ1) is 16.4. The predicted octanol–water partition coefficient (Wildman–Crippen LogP) is 4.37. The number of aryl methyl sites for hydroxylation is 2. The van der Waals surface area contributed by atoms with Gasteiger partial charge in [-0.05, 0) is 24.5 Å². The van der Waals surface area contributed by atoms with Crippen LogP contribution in [0.4, 0.5) is 0 Å². The smallest absolute Gasteiger partial charge is 0.220 e. The van der Waals surface area contributed by atoms with Gasteiger partial charge in [-0.3, -0.25) is 4.79 Å². The summed E-state index contributed by atoms with van der Waals surface area (Å²) in [4.78, 5) is 16.7. The Hall–Kier alpha value is -2.46. The Bertz CT molecular complexity index is 811.